The summed E-state index contributed by atoms with van der Waals surface area (Å²) in [6.45, 7) is 1.84. The number of aliphatic hydroxyl groups excluding tert-OH is 1. The Morgan fingerprint density at radius 3 is 2.44 bits per heavy atom. The molecule has 98 valence electrons. The minimum atomic E-state index is -3.88. The van der Waals surface area contributed by atoms with Crippen LogP contribution in [0.3, 0.4) is 0 Å². The Morgan fingerprint density at radius 2 is 1.94 bits per heavy atom. The number of ether oxygens (including phenoxy) is 1. The summed E-state index contributed by atoms with van der Waals surface area (Å²) in [6.07, 6.45) is -0.597. The van der Waals surface area contributed by atoms with Crippen LogP contribution in [-0.4, -0.2) is 31.0 Å². The first-order valence-electron chi connectivity index (χ1n) is 5.59. The van der Waals surface area contributed by atoms with Crippen molar-refractivity contribution in [3.8, 4) is 0 Å². The molecule has 6 heteroatoms. The van der Waals surface area contributed by atoms with Gasteiger partial charge in [0.15, 0.2) is 5.44 Å². The van der Waals surface area contributed by atoms with E-state index in [4.69, 9.17) is 4.74 Å². The van der Waals surface area contributed by atoms with Gasteiger partial charge in [-0.3, -0.25) is 4.79 Å². The molecule has 1 fully saturated rings. The van der Waals surface area contributed by atoms with Crippen LogP contribution >= 0.6 is 0 Å². The van der Waals surface area contributed by atoms with Crippen molar-refractivity contribution in [1.82, 2.24) is 0 Å². The maximum Gasteiger partial charge on any atom is 0.306 e. The Bertz CT molecular complexity index is 546. The van der Waals surface area contributed by atoms with Crippen molar-refractivity contribution < 1.29 is 23.1 Å². The van der Waals surface area contributed by atoms with Crippen LogP contribution in [0.4, 0.5) is 0 Å². The van der Waals surface area contributed by atoms with Gasteiger partial charge in [-0.25, -0.2) is 8.42 Å². The second-order valence-corrected chi connectivity index (χ2v) is 6.36. The van der Waals surface area contributed by atoms with Crippen molar-refractivity contribution in [1.29, 1.82) is 0 Å². The molecule has 5 nitrogen and oxygen atoms in total. The van der Waals surface area contributed by atoms with Crippen LogP contribution < -0.4 is 0 Å². The average molecular weight is 270 g/mol. The highest BCUT2D eigenvalue weighted by Gasteiger charge is 2.38. The molecule has 0 spiro atoms. The van der Waals surface area contributed by atoms with Gasteiger partial charge >= 0.3 is 5.97 Å². The number of cyclic esters (lactones) is 1. The number of rotatable bonds is 3. The van der Waals surface area contributed by atoms with Crippen molar-refractivity contribution in [2.24, 2.45) is 0 Å². The first-order valence-corrected chi connectivity index (χ1v) is 7.14. The first kappa shape index (κ1) is 13.0. The number of hydrogen-bond acceptors (Lipinski definition) is 5. The Balaban J connectivity index is 2.25. The topological polar surface area (TPSA) is 80.7 Å². The molecule has 0 radical (unpaired) electrons. The molecule has 1 aromatic rings. The maximum atomic E-state index is 12.1. The number of carbonyl (C=O) groups is 1. The van der Waals surface area contributed by atoms with Gasteiger partial charge in [-0.1, -0.05) is 17.7 Å². The minimum Gasteiger partial charge on any atom is -0.458 e. The highest BCUT2D eigenvalue weighted by molar-refractivity contribution is 7.92. The third kappa shape index (κ3) is 2.39. The van der Waals surface area contributed by atoms with Crippen molar-refractivity contribution in [3.05, 3.63) is 29.8 Å². The quantitative estimate of drug-likeness (QED) is 0.821. The Morgan fingerprint density at radius 1 is 1.33 bits per heavy atom. The SMILES string of the molecule is Cc1ccc(S(=O)(=O)[C@H](O)[C@@H]2CCC(=O)O2)cc1. The molecule has 2 rings (SSSR count). The Labute approximate surface area is 105 Å². The van der Waals surface area contributed by atoms with E-state index in [9.17, 15) is 18.3 Å². The van der Waals surface area contributed by atoms with Crippen LogP contribution in [0, 0.1) is 6.92 Å². The standard InChI is InChI=1S/C12H14O5S/c1-8-2-4-9(5-3-8)18(15,16)12(14)10-6-7-11(13)17-10/h2-5,10,12,14H,6-7H2,1H3/t10-,12-/m0/s1. The zero-order valence-corrected chi connectivity index (χ0v) is 10.7. The zero-order valence-electron chi connectivity index (χ0n) is 9.87. The highest BCUT2D eigenvalue weighted by atomic mass is 32.2. The molecule has 0 aromatic heterocycles. The van der Waals surface area contributed by atoms with Gasteiger partial charge in [-0.05, 0) is 25.5 Å². The van der Waals surface area contributed by atoms with Gasteiger partial charge in [-0.2, -0.15) is 0 Å². The average Bonchev–Trinajstić information content (AvgIpc) is 2.75. The van der Waals surface area contributed by atoms with E-state index in [1.54, 1.807) is 12.1 Å². The molecule has 0 aliphatic carbocycles. The van der Waals surface area contributed by atoms with Gasteiger partial charge < -0.3 is 9.84 Å². The maximum absolute atomic E-state index is 12.1. The van der Waals surface area contributed by atoms with Crippen LogP contribution in [0.2, 0.25) is 0 Å². The number of esters is 1. The molecule has 1 aliphatic heterocycles. The molecule has 0 bridgehead atoms. The summed E-state index contributed by atoms with van der Waals surface area (Å²) in [5, 5.41) is 9.85. The Kier molecular flexibility index (Phi) is 3.41. The van der Waals surface area contributed by atoms with E-state index < -0.39 is 27.3 Å². The van der Waals surface area contributed by atoms with Gasteiger partial charge in [0.2, 0.25) is 9.84 Å². The fourth-order valence-electron chi connectivity index (χ4n) is 1.81. The molecule has 0 saturated carbocycles. The molecule has 1 N–H and O–H groups in total. The van der Waals surface area contributed by atoms with Crippen LogP contribution in [0.25, 0.3) is 0 Å². The number of hydrogen-bond donors (Lipinski definition) is 1. The van der Waals surface area contributed by atoms with Gasteiger partial charge in [-0.15, -0.1) is 0 Å². The number of aliphatic hydroxyl groups is 1. The minimum absolute atomic E-state index is 0.0311. The van der Waals surface area contributed by atoms with Crippen LogP contribution in [0.1, 0.15) is 18.4 Å². The fourth-order valence-corrected chi connectivity index (χ4v) is 3.20. The summed E-state index contributed by atoms with van der Waals surface area (Å²) in [6, 6.07) is 6.18. The van der Waals surface area contributed by atoms with Crippen molar-refractivity contribution in [3.63, 3.8) is 0 Å². The lowest BCUT2D eigenvalue weighted by molar-refractivity contribution is -0.143. The van der Waals surface area contributed by atoms with E-state index in [-0.39, 0.29) is 17.7 Å². The monoisotopic (exact) mass is 270 g/mol. The molecular formula is C12H14O5S. The summed E-state index contributed by atoms with van der Waals surface area (Å²) in [5.74, 6) is -0.474. The van der Waals surface area contributed by atoms with Gasteiger partial charge in [0, 0.05) is 6.42 Å². The number of benzene rings is 1. The zero-order chi connectivity index (χ0) is 13.3. The highest BCUT2D eigenvalue weighted by Crippen LogP contribution is 2.24. The van der Waals surface area contributed by atoms with Crippen molar-refractivity contribution in [2.45, 2.75) is 36.2 Å². The van der Waals surface area contributed by atoms with Crippen molar-refractivity contribution in [2.75, 3.05) is 0 Å². The predicted octanol–water partition coefficient (Wildman–Crippen LogP) is 0.793. The van der Waals surface area contributed by atoms with E-state index in [1.807, 2.05) is 6.92 Å². The van der Waals surface area contributed by atoms with E-state index >= 15 is 0 Å². The second kappa shape index (κ2) is 4.70. The largest absolute Gasteiger partial charge is 0.458 e. The molecule has 1 heterocycles. The molecule has 18 heavy (non-hydrogen) atoms. The summed E-state index contributed by atoms with van der Waals surface area (Å²) in [5.41, 5.74) is -0.776. The lowest BCUT2D eigenvalue weighted by Crippen LogP contribution is -2.33. The third-order valence-electron chi connectivity index (χ3n) is 2.90. The van der Waals surface area contributed by atoms with Crippen LogP contribution in [0.15, 0.2) is 29.2 Å². The molecule has 0 unspecified atom stereocenters. The molecular weight excluding hydrogens is 256 g/mol. The normalized spacial score (nSPS) is 21.7. The van der Waals surface area contributed by atoms with Gasteiger partial charge in [0.05, 0.1) is 4.90 Å². The molecule has 1 saturated heterocycles. The van der Waals surface area contributed by atoms with E-state index in [1.165, 1.54) is 12.1 Å². The van der Waals surface area contributed by atoms with Gasteiger partial charge in [0.25, 0.3) is 0 Å². The second-order valence-electron chi connectivity index (χ2n) is 4.32. The van der Waals surface area contributed by atoms with Crippen molar-refractivity contribution >= 4 is 15.8 Å². The summed E-state index contributed by atoms with van der Waals surface area (Å²) < 4.78 is 29.0. The lowest BCUT2D eigenvalue weighted by atomic mass is 10.2. The summed E-state index contributed by atoms with van der Waals surface area (Å²) >= 11 is 0. The van der Waals surface area contributed by atoms with E-state index in [0.717, 1.165) is 5.56 Å². The number of sulfone groups is 1. The third-order valence-corrected chi connectivity index (χ3v) is 4.77. The van der Waals surface area contributed by atoms with Crippen LogP contribution in [-0.2, 0) is 19.4 Å². The summed E-state index contributed by atoms with van der Waals surface area (Å²) in [7, 11) is -3.88. The number of carbonyl (C=O) groups excluding carboxylic acids is 1. The molecule has 1 aliphatic rings. The van der Waals surface area contributed by atoms with Crippen LogP contribution in [0.5, 0.6) is 0 Å². The predicted molar refractivity (Wildman–Crippen MR) is 63.5 cm³/mol. The first-order chi connectivity index (χ1) is 8.41. The van der Waals surface area contributed by atoms with Gasteiger partial charge in [0.1, 0.15) is 6.10 Å². The van der Waals surface area contributed by atoms with E-state index in [2.05, 4.69) is 0 Å². The summed E-state index contributed by atoms with van der Waals surface area (Å²) in [4.78, 5) is 11.0. The fraction of sp³-hybridized carbons (Fsp3) is 0.417. The Hall–Kier alpha value is -1.40. The smallest absolute Gasteiger partial charge is 0.306 e. The lowest BCUT2D eigenvalue weighted by Gasteiger charge is -2.17. The number of aryl methyl sites for hydroxylation is 1. The molecule has 0 amide bonds. The molecule has 2 atom stereocenters. The molecule has 1 aromatic carbocycles. The van der Waals surface area contributed by atoms with E-state index in [0.29, 0.717) is 0 Å².